The Bertz CT molecular complexity index is 1330. The Balaban J connectivity index is 1.61. The normalized spacial score (nSPS) is 16.6. The van der Waals surface area contributed by atoms with E-state index in [-0.39, 0.29) is 0 Å². The highest BCUT2D eigenvalue weighted by Gasteiger charge is 2.40. The molecule has 1 aliphatic rings. The predicted molar refractivity (Wildman–Crippen MR) is 99.7 cm³/mol. The zero-order valence-electron chi connectivity index (χ0n) is 15.2. The van der Waals surface area contributed by atoms with Crippen molar-refractivity contribution in [1.29, 1.82) is 0 Å². The molecule has 5 aromatic rings. The topological polar surface area (TPSA) is 95.6 Å². The van der Waals surface area contributed by atoms with Crippen LogP contribution in [0.15, 0.2) is 41.3 Å². The molecule has 4 heterocycles. The molecule has 0 spiro atoms. The number of ether oxygens (including phenoxy) is 1. The Morgan fingerprint density at radius 2 is 2.00 bits per heavy atom. The molecule has 1 saturated carbocycles. The number of imidazole rings is 1. The van der Waals surface area contributed by atoms with Crippen LogP contribution in [0.25, 0.3) is 33.9 Å². The third kappa shape index (κ3) is 1.96. The lowest BCUT2D eigenvalue weighted by molar-refractivity contribution is -0.0178. The fourth-order valence-electron chi connectivity index (χ4n) is 4.29. The van der Waals surface area contributed by atoms with Crippen LogP contribution in [-0.2, 0) is 10.3 Å². The SMILES string of the molecule is COC1(c2noc(-c3nnc4c5ccccc5n5cncc5n34)n2)CCCC1. The number of benzene rings is 1. The van der Waals surface area contributed by atoms with E-state index in [1.165, 1.54) is 0 Å². The molecule has 9 heteroatoms. The number of rotatable bonds is 3. The lowest BCUT2D eigenvalue weighted by Crippen LogP contribution is -2.25. The maximum atomic E-state index is 5.78. The maximum Gasteiger partial charge on any atom is 0.296 e. The number of nitrogens with zero attached hydrogens (tertiary/aromatic N) is 7. The molecule has 0 radical (unpaired) electrons. The smallest absolute Gasteiger partial charge is 0.296 e. The summed E-state index contributed by atoms with van der Waals surface area (Å²) in [4.78, 5) is 8.95. The summed E-state index contributed by atoms with van der Waals surface area (Å²) in [6, 6.07) is 8.02. The fraction of sp³-hybridized carbons (Fsp3) is 0.316. The van der Waals surface area contributed by atoms with Gasteiger partial charge in [-0.15, -0.1) is 10.2 Å². The second-order valence-corrected chi connectivity index (χ2v) is 7.15. The van der Waals surface area contributed by atoms with Gasteiger partial charge in [0.05, 0.1) is 11.7 Å². The van der Waals surface area contributed by atoms with E-state index in [9.17, 15) is 0 Å². The summed E-state index contributed by atoms with van der Waals surface area (Å²) in [6.07, 6.45) is 7.51. The van der Waals surface area contributed by atoms with E-state index in [1.54, 1.807) is 19.6 Å². The van der Waals surface area contributed by atoms with E-state index >= 15 is 0 Å². The van der Waals surface area contributed by atoms with Crippen LogP contribution < -0.4 is 0 Å². The van der Waals surface area contributed by atoms with Crippen LogP contribution in [0.4, 0.5) is 0 Å². The molecule has 0 aliphatic heterocycles. The van der Waals surface area contributed by atoms with Gasteiger partial charge in [-0.05, 0) is 37.8 Å². The van der Waals surface area contributed by atoms with Crippen molar-refractivity contribution in [2.24, 2.45) is 0 Å². The average molecular weight is 375 g/mol. The highest BCUT2D eigenvalue weighted by molar-refractivity contribution is 5.94. The minimum absolute atomic E-state index is 0.323. The van der Waals surface area contributed by atoms with Crippen LogP contribution in [0, 0.1) is 0 Å². The summed E-state index contributed by atoms with van der Waals surface area (Å²) in [6.45, 7) is 0. The first-order valence-corrected chi connectivity index (χ1v) is 9.28. The molecule has 0 unspecified atom stereocenters. The molecule has 0 atom stereocenters. The first-order valence-electron chi connectivity index (χ1n) is 9.28. The number of para-hydroxylation sites is 1. The van der Waals surface area contributed by atoms with Crippen LogP contribution in [-0.4, -0.2) is 41.2 Å². The van der Waals surface area contributed by atoms with Crippen molar-refractivity contribution in [3.8, 4) is 11.7 Å². The number of hydrogen-bond acceptors (Lipinski definition) is 7. The van der Waals surface area contributed by atoms with Gasteiger partial charge in [-0.25, -0.2) is 4.98 Å². The van der Waals surface area contributed by atoms with Gasteiger partial charge in [-0.2, -0.15) is 4.98 Å². The van der Waals surface area contributed by atoms with Gasteiger partial charge in [0.1, 0.15) is 17.6 Å². The van der Waals surface area contributed by atoms with Gasteiger partial charge in [0, 0.05) is 12.5 Å². The Kier molecular flexibility index (Phi) is 3.13. The molecule has 0 saturated heterocycles. The van der Waals surface area contributed by atoms with Crippen LogP contribution in [0.2, 0.25) is 0 Å². The molecular weight excluding hydrogens is 358 g/mol. The molecule has 0 amide bonds. The molecule has 28 heavy (non-hydrogen) atoms. The van der Waals surface area contributed by atoms with E-state index < -0.39 is 5.60 Å². The first-order chi connectivity index (χ1) is 13.8. The standard InChI is InChI=1S/C19H17N7O2/c1-27-19(8-4-5-9-19)18-21-17(28-24-18)16-23-22-15-12-6-2-3-7-13(12)25-11-20-10-14(25)26(15)16/h2-3,6-7,10-11H,4-5,8-9H2,1H3. The zero-order chi connectivity index (χ0) is 18.7. The summed E-state index contributed by atoms with van der Waals surface area (Å²) >= 11 is 0. The van der Waals surface area contributed by atoms with Crippen molar-refractivity contribution >= 4 is 22.2 Å². The number of hydrogen-bond donors (Lipinski definition) is 0. The first kappa shape index (κ1) is 15.7. The van der Waals surface area contributed by atoms with E-state index in [2.05, 4.69) is 25.3 Å². The van der Waals surface area contributed by atoms with Gasteiger partial charge < -0.3 is 9.26 Å². The number of fused-ring (bicyclic) bond motifs is 6. The van der Waals surface area contributed by atoms with Gasteiger partial charge in [-0.3, -0.25) is 8.80 Å². The third-order valence-corrected chi connectivity index (χ3v) is 5.74. The van der Waals surface area contributed by atoms with Crippen molar-refractivity contribution in [3.63, 3.8) is 0 Å². The Labute approximate surface area is 159 Å². The lowest BCUT2D eigenvalue weighted by atomic mass is 10.0. The summed E-state index contributed by atoms with van der Waals surface area (Å²) in [7, 11) is 1.70. The summed E-state index contributed by atoms with van der Waals surface area (Å²) < 4.78 is 15.3. The van der Waals surface area contributed by atoms with Crippen molar-refractivity contribution in [2.45, 2.75) is 31.3 Å². The largest absolute Gasteiger partial charge is 0.370 e. The molecule has 0 bridgehead atoms. The van der Waals surface area contributed by atoms with Gasteiger partial charge in [0.25, 0.3) is 5.89 Å². The van der Waals surface area contributed by atoms with E-state index in [1.807, 2.05) is 33.1 Å². The molecule has 0 N–H and O–H groups in total. The highest BCUT2D eigenvalue weighted by atomic mass is 16.5. The molecule has 140 valence electrons. The molecule has 1 aliphatic carbocycles. The quantitative estimate of drug-likeness (QED) is 0.478. The zero-order valence-corrected chi connectivity index (χ0v) is 15.2. The third-order valence-electron chi connectivity index (χ3n) is 5.74. The molecule has 1 aromatic carbocycles. The van der Waals surface area contributed by atoms with E-state index in [0.717, 1.165) is 47.9 Å². The maximum absolute atomic E-state index is 5.78. The minimum Gasteiger partial charge on any atom is -0.370 e. The number of methoxy groups -OCH3 is 1. The van der Waals surface area contributed by atoms with E-state index in [0.29, 0.717) is 17.5 Å². The van der Waals surface area contributed by atoms with Gasteiger partial charge in [-0.1, -0.05) is 17.3 Å². The Morgan fingerprint density at radius 1 is 1.14 bits per heavy atom. The second-order valence-electron chi connectivity index (χ2n) is 7.15. The molecule has 6 rings (SSSR count). The van der Waals surface area contributed by atoms with E-state index in [4.69, 9.17) is 9.26 Å². The Hall–Kier alpha value is -3.33. The summed E-state index contributed by atoms with van der Waals surface area (Å²) in [5.74, 6) is 1.39. The van der Waals surface area contributed by atoms with Crippen LogP contribution in [0.3, 0.4) is 0 Å². The monoisotopic (exact) mass is 375 g/mol. The van der Waals surface area contributed by atoms with Crippen LogP contribution in [0.1, 0.15) is 31.5 Å². The number of aromatic nitrogens is 7. The average Bonchev–Trinajstić information content (AvgIpc) is 3.53. The predicted octanol–water partition coefficient (Wildman–Crippen LogP) is 3.00. The summed E-state index contributed by atoms with van der Waals surface area (Å²) in [5.41, 5.74) is 2.09. The van der Waals surface area contributed by atoms with Crippen molar-refractivity contribution in [3.05, 3.63) is 42.6 Å². The molecular formula is C19H17N7O2. The van der Waals surface area contributed by atoms with Crippen molar-refractivity contribution in [2.75, 3.05) is 7.11 Å². The molecule has 9 nitrogen and oxygen atoms in total. The molecule has 4 aromatic heterocycles. The van der Waals surface area contributed by atoms with Crippen LogP contribution in [0.5, 0.6) is 0 Å². The van der Waals surface area contributed by atoms with Gasteiger partial charge >= 0.3 is 0 Å². The van der Waals surface area contributed by atoms with Crippen molar-refractivity contribution < 1.29 is 9.26 Å². The van der Waals surface area contributed by atoms with Crippen LogP contribution >= 0.6 is 0 Å². The minimum atomic E-state index is -0.471. The Morgan fingerprint density at radius 3 is 2.86 bits per heavy atom. The molecule has 1 fully saturated rings. The van der Waals surface area contributed by atoms with Gasteiger partial charge in [0.15, 0.2) is 5.65 Å². The summed E-state index contributed by atoms with van der Waals surface area (Å²) in [5, 5.41) is 14.0. The highest BCUT2D eigenvalue weighted by Crippen LogP contribution is 2.40. The lowest BCUT2D eigenvalue weighted by Gasteiger charge is -2.22. The van der Waals surface area contributed by atoms with Crippen molar-refractivity contribution in [1.82, 2.24) is 34.1 Å². The fourth-order valence-corrected chi connectivity index (χ4v) is 4.29. The van der Waals surface area contributed by atoms with Gasteiger partial charge in [0.2, 0.25) is 11.6 Å². The second kappa shape index (κ2) is 5.59.